The highest BCUT2D eigenvalue weighted by Crippen LogP contribution is 2.20. The lowest BCUT2D eigenvalue weighted by atomic mass is 10.1. The molecule has 0 spiro atoms. The van der Waals surface area contributed by atoms with E-state index in [0.717, 1.165) is 18.9 Å². The molecule has 0 atom stereocenters. The van der Waals surface area contributed by atoms with Crippen molar-refractivity contribution < 1.29 is 24.4 Å². The van der Waals surface area contributed by atoms with Gasteiger partial charge in [0.25, 0.3) is 23.4 Å². The number of imide groups is 1. The molecule has 1 aromatic rings. The van der Waals surface area contributed by atoms with Crippen LogP contribution in [0.15, 0.2) is 30.4 Å². The van der Waals surface area contributed by atoms with Gasteiger partial charge >= 0.3 is 0 Å². The summed E-state index contributed by atoms with van der Waals surface area (Å²) in [5.41, 5.74) is 0.0322. The maximum absolute atomic E-state index is 12.1. The molecule has 0 fully saturated rings. The molecule has 1 heterocycles. The van der Waals surface area contributed by atoms with E-state index in [9.17, 15) is 24.5 Å². The fourth-order valence-corrected chi connectivity index (χ4v) is 2.71. The fourth-order valence-electron chi connectivity index (χ4n) is 2.71. The summed E-state index contributed by atoms with van der Waals surface area (Å²) in [6.45, 7) is 0.332. The van der Waals surface area contributed by atoms with Crippen molar-refractivity contribution in [2.75, 3.05) is 13.1 Å². The third-order valence-electron chi connectivity index (χ3n) is 4.21. The molecule has 0 saturated heterocycles. The monoisotopic (exact) mass is 375 g/mol. The minimum atomic E-state index is -0.631. The molecule has 3 amide bonds. The van der Waals surface area contributed by atoms with E-state index in [1.165, 1.54) is 29.2 Å². The molecule has 9 heteroatoms. The maximum atomic E-state index is 12.1. The molecular weight excluding hydrogens is 354 g/mol. The van der Waals surface area contributed by atoms with Gasteiger partial charge in [-0.15, -0.1) is 0 Å². The normalized spacial score (nSPS) is 13.3. The van der Waals surface area contributed by atoms with E-state index in [2.05, 4.69) is 5.32 Å². The molecule has 0 radical (unpaired) electrons. The van der Waals surface area contributed by atoms with Crippen LogP contribution >= 0.6 is 0 Å². The number of hydrogen-bond acceptors (Lipinski definition) is 6. The lowest BCUT2D eigenvalue weighted by molar-refractivity contribution is -0.385. The van der Waals surface area contributed by atoms with Crippen molar-refractivity contribution in [2.45, 2.75) is 32.3 Å². The zero-order valence-corrected chi connectivity index (χ0v) is 14.7. The number of benzene rings is 1. The van der Waals surface area contributed by atoms with Gasteiger partial charge in [0.05, 0.1) is 17.1 Å². The Bertz CT molecular complexity index is 756. The largest absolute Gasteiger partial charge is 0.391 e. The van der Waals surface area contributed by atoms with Crippen LogP contribution in [-0.4, -0.2) is 45.7 Å². The molecular formula is C18H21N3O6. The summed E-state index contributed by atoms with van der Waals surface area (Å²) in [5, 5.41) is 22.8. The predicted molar refractivity (Wildman–Crippen MR) is 95.7 cm³/mol. The highest BCUT2D eigenvalue weighted by Gasteiger charge is 2.22. The van der Waals surface area contributed by atoms with Crippen molar-refractivity contribution in [2.24, 2.45) is 0 Å². The van der Waals surface area contributed by atoms with Crippen molar-refractivity contribution in [1.29, 1.82) is 0 Å². The zero-order chi connectivity index (χ0) is 19.8. The lowest BCUT2D eigenvalue weighted by Gasteiger charge is -2.13. The van der Waals surface area contributed by atoms with Crippen LogP contribution in [0.5, 0.6) is 0 Å². The molecule has 0 saturated carbocycles. The van der Waals surface area contributed by atoms with E-state index >= 15 is 0 Å². The van der Waals surface area contributed by atoms with Crippen molar-refractivity contribution in [3.63, 3.8) is 0 Å². The number of carbonyl (C=O) groups is 3. The van der Waals surface area contributed by atoms with Gasteiger partial charge in [0.1, 0.15) is 0 Å². The lowest BCUT2D eigenvalue weighted by Crippen LogP contribution is -2.30. The number of carbonyl (C=O) groups excluding carboxylic acids is 3. The molecule has 9 nitrogen and oxygen atoms in total. The molecule has 0 bridgehead atoms. The second-order valence-corrected chi connectivity index (χ2v) is 6.09. The standard InChI is InChI=1S/C18H21N3O6/c22-12-14-6-5-13(11-15(14)21(26)27)18(25)19-9-3-1-2-4-10-20-16(23)7-8-17(20)24/h5-8,11,22H,1-4,9-10,12H2,(H,19,25). The second-order valence-electron chi connectivity index (χ2n) is 6.09. The van der Waals surface area contributed by atoms with E-state index in [-0.39, 0.29) is 28.6 Å². The summed E-state index contributed by atoms with van der Waals surface area (Å²) in [6, 6.07) is 3.95. The second kappa shape index (κ2) is 9.58. The number of aliphatic hydroxyl groups is 1. The van der Waals surface area contributed by atoms with Gasteiger partial charge in [-0.1, -0.05) is 12.8 Å². The Morgan fingerprint density at radius 1 is 1.11 bits per heavy atom. The van der Waals surface area contributed by atoms with E-state index in [0.29, 0.717) is 25.9 Å². The van der Waals surface area contributed by atoms with Crippen LogP contribution in [0.1, 0.15) is 41.6 Å². The van der Waals surface area contributed by atoms with Crippen molar-refractivity contribution in [3.8, 4) is 0 Å². The van der Waals surface area contributed by atoms with Gasteiger partial charge in [0, 0.05) is 36.9 Å². The third kappa shape index (κ3) is 5.45. The van der Waals surface area contributed by atoms with Crippen molar-refractivity contribution >= 4 is 23.4 Å². The molecule has 2 rings (SSSR count). The highest BCUT2D eigenvalue weighted by molar-refractivity contribution is 6.12. The van der Waals surface area contributed by atoms with Gasteiger partial charge < -0.3 is 10.4 Å². The first kappa shape index (κ1) is 20.2. The average Bonchev–Trinajstić information content (AvgIpc) is 2.98. The molecule has 1 aromatic carbocycles. The first-order valence-corrected chi connectivity index (χ1v) is 8.64. The van der Waals surface area contributed by atoms with Crippen LogP contribution in [0.4, 0.5) is 5.69 Å². The van der Waals surface area contributed by atoms with Gasteiger partial charge in [-0.3, -0.25) is 29.4 Å². The Kier molecular flexibility index (Phi) is 7.18. The predicted octanol–water partition coefficient (Wildman–Crippen LogP) is 1.30. The Morgan fingerprint density at radius 3 is 2.41 bits per heavy atom. The number of rotatable bonds is 10. The van der Waals surface area contributed by atoms with Gasteiger partial charge in [-0.05, 0) is 25.0 Å². The number of unbranched alkanes of at least 4 members (excludes halogenated alkanes) is 3. The summed E-state index contributed by atoms with van der Waals surface area (Å²) in [6.07, 6.45) is 5.55. The molecule has 1 aliphatic heterocycles. The summed E-state index contributed by atoms with van der Waals surface area (Å²) in [7, 11) is 0. The van der Waals surface area contributed by atoms with Crippen molar-refractivity contribution in [3.05, 3.63) is 51.6 Å². The smallest absolute Gasteiger partial charge is 0.275 e. The van der Waals surface area contributed by atoms with Gasteiger partial charge in [-0.25, -0.2) is 0 Å². The molecule has 144 valence electrons. The Morgan fingerprint density at radius 2 is 1.78 bits per heavy atom. The third-order valence-corrected chi connectivity index (χ3v) is 4.21. The maximum Gasteiger partial charge on any atom is 0.275 e. The molecule has 27 heavy (non-hydrogen) atoms. The quantitative estimate of drug-likeness (QED) is 0.274. The first-order chi connectivity index (χ1) is 12.9. The Hall–Kier alpha value is -3.07. The number of hydrogen-bond donors (Lipinski definition) is 2. The molecule has 0 unspecified atom stereocenters. The molecule has 1 aliphatic rings. The summed E-state index contributed by atoms with van der Waals surface area (Å²) in [4.78, 5) is 46.4. The topological polar surface area (TPSA) is 130 Å². The van der Waals surface area contributed by atoms with Crippen LogP contribution in [-0.2, 0) is 16.2 Å². The van der Waals surface area contributed by atoms with Crippen LogP contribution in [0.3, 0.4) is 0 Å². The Balaban J connectivity index is 1.68. The SMILES string of the molecule is O=C(NCCCCCCN1C(=O)C=CC1=O)c1ccc(CO)c([N+](=O)[O-])c1. The van der Waals surface area contributed by atoms with E-state index in [1.807, 2.05) is 0 Å². The van der Waals surface area contributed by atoms with E-state index in [4.69, 9.17) is 5.11 Å². The van der Waals surface area contributed by atoms with Gasteiger partial charge in [0.15, 0.2) is 0 Å². The van der Waals surface area contributed by atoms with Gasteiger partial charge in [-0.2, -0.15) is 0 Å². The average molecular weight is 375 g/mol. The summed E-state index contributed by atoms with van der Waals surface area (Å²) < 4.78 is 0. The van der Waals surface area contributed by atoms with Gasteiger partial charge in [0.2, 0.25) is 0 Å². The minimum Gasteiger partial charge on any atom is -0.391 e. The number of aliphatic hydroxyl groups excluding tert-OH is 1. The minimum absolute atomic E-state index is 0.154. The number of nitro benzene ring substituents is 1. The first-order valence-electron chi connectivity index (χ1n) is 8.64. The van der Waals surface area contributed by atoms with Crippen LogP contribution in [0.25, 0.3) is 0 Å². The number of nitrogens with one attached hydrogen (secondary N) is 1. The van der Waals surface area contributed by atoms with E-state index in [1.54, 1.807) is 0 Å². The molecule has 0 aromatic heterocycles. The summed E-state index contributed by atoms with van der Waals surface area (Å²) in [5.74, 6) is -0.982. The summed E-state index contributed by atoms with van der Waals surface area (Å²) >= 11 is 0. The number of nitro groups is 1. The highest BCUT2D eigenvalue weighted by atomic mass is 16.6. The number of nitrogens with zero attached hydrogens (tertiary/aromatic N) is 2. The van der Waals surface area contributed by atoms with E-state index < -0.39 is 17.4 Å². The van der Waals surface area contributed by atoms with Crippen LogP contribution < -0.4 is 5.32 Å². The molecule has 0 aliphatic carbocycles. The van der Waals surface area contributed by atoms with Crippen LogP contribution in [0.2, 0.25) is 0 Å². The molecule has 2 N–H and O–H groups in total. The fraction of sp³-hybridized carbons (Fsp3) is 0.389. The Labute approximate surface area is 155 Å². The van der Waals surface area contributed by atoms with Crippen LogP contribution in [0, 0.1) is 10.1 Å². The number of amides is 3. The van der Waals surface area contributed by atoms with Crippen molar-refractivity contribution in [1.82, 2.24) is 10.2 Å². The zero-order valence-electron chi connectivity index (χ0n) is 14.7.